The number of nitrogens with zero attached hydrogens (tertiary/aromatic N) is 3. The zero-order valence-corrected chi connectivity index (χ0v) is 16.2. The number of anilines is 1. The van der Waals surface area contributed by atoms with Gasteiger partial charge in [-0.25, -0.2) is 4.98 Å². The van der Waals surface area contributed by atoms with Gasteiger partial charge in [-0.3, -0.25) is 4.79 Å². The third kappa shape index (κ3) is 4.28. The van der Waals surface area contributed by atoms with Crippen molar-refractivity contribution in [1.82, 2.24) is 9.88 Å². The normalized spacial score (nSPS) is 14.7. The van der Waals surface area contributed by atoms with Crippen LogP contribution in [0.3, 0.4) is 0 Å². The molecule has 0 radical (unpaired) electrons. The number of pyridine rings is 1. The first-order chi connectivity index (χ1) is 12.4. The molecular weight excluding hydrogens is 350 g/mol. The highest BCUT2D eigenvalue weighted by molar-refractivity contribution is 6.32. The zero-order chi connectivity index (χ0) is 18.7. The summed E-state index contributed by atoms with van der Waals surface area (Å²) < 4.78 is 5.52. The minimum absolute atomic E-state index is 0.0174. The largest absolute Gasteiger partial charge is 0.474 e. The van der Waals surface area contributed by atoms with Gasteiger partial charge in [0.15, 0.2) is 0 Å². The molecule has 0 spiro atoms. The number of aryl methyl sites for hydroxylation is 1. The Bertz CT molecular complexity index is 786. The van der Waals surface area contributed by atoms with Crippen LogP contribution in [-0.4, -0.2) is 48.1 Å². The molecule has 6 heteroatoms. The summed E-state index contributed by atoms with van der Waals surface area (Å²) in [6.45, 7) is 8.88. The Morgan fingerprint density at radius 3 is 2.54 bits per heavy atom. The molecule has 2 aromatic rings. The lowest BCUT2D eigenvalue weighted by Crippen LogP contribution is -2.48. The zero-order valence-electron chi connectivity index (χ0n) is 15.4. The van der Waals surface area contributed by atoms with Crippen LogP contribution < -0.4 is 9.64 Å². The van der Waals surface area contributed by atoms with E-state index in [9.17, 15) is 4.79 Å². The van der Waals surface area contributed by atoms with Crippen LogP contribution in [0.15, 0.2) is 36.5 Å². The van der Waals surface area contributed by atoms with Crippen molar-refractivity contribution in [3.63, 3.8) is 0 Å². The number of ether oxygens (including phenoxy) is 1. The number of amides is 1. The molecule has 0 bridgehead atoms. The monoisotopic (exact) mass is 373 g/mol. The average molecular weight is 374 g/mol. The molecule has 1 aliphatic heterocycles. The predicted octanol–water partition coefficient (Wildman–Crippen LogP) is 3.79. The molecule has 1 saturated heterocycles. The number of carbonyl (C=O) groups excluding carboxylic acids is 1. The molecule has 0 saturated carbocycles. The highest BCUT2D eigenvalue weighted by atomic mass is 35.5. The summed E-state index contributed by atoms with van der Waals surface area (Å²) in [6, 6.07) is 10.1. The molecule has 0 atom stereocenters. The number of halogens is 1. The van der Waals surface area contributed by atoms with E-state index in [1.54, 1.807) is 12.3 Å². The average Bonchev–Trinajstić information content (AvgIpc) is 2.62. The molecular formula is C20H24ClN3O2. The molecule has 0 N–H and O–H groups in total. The van der Waals surface area contributed by atoms with E-state index in [1.165, 1.54) is 11.3 Å². The first-order valence-electron chi connectivity index (χ1n) is 8.87. The van der Waals surface area contributed by atoms with E-state index in [4.69, 9.17) is 16.3 Å². The van der Waals surface area contributed by atoms with Crippen LogP contribution in [-0.2, 0) is 0 Å². The maximum Gasteiger partial charge on any atom is 0.255 e. The van der Waals surface area contributed by atoms with Crippen molar-refractivity contribution >= 4 is 23.2 Å². The van der Waals surface area contributed by atoms with Crippen molar-refractivity contribution in [2.75, 3.05) is 31.1 Å². The summed E-state index contributed by atoms with van der Waals surface area (Å²) in [4.78, 5) is 21.1. The first kappa shape index (κ1) is 18.5. The maximum atomic E-state index is 12.8. The second kappa shape index (κ2) is 7.96. The van der Waals surface area contributed by atoms with Gasteiger partial charge in [-0.15, -0.1) is 0 Å². The van der Waals surface area contributed by atoms with E-state index in [2.05, 4.69) is 41.1 Å². The van der Waals surface area contributed by atoms with Crippen molar-refractivity contribution in [2.24, 2.45) is 0 Å². The van der Waals surface area contributed by atoms with Gasteiger partial charge < -0.3 is 14.5 Å². The molecule has 5 nitrogen and oxygen atoms in total. The van der Waals surface area contributed by atoms with Crippen LogP contribution in [0, 0.1) is 6.92 Å². The van der Waals surface area contributed by atoms with Gasteiger partial charge in [-0.1, -0.05) is 23.7 Å². The third-order valence-corrected chi connectivity index (χ3v) is 4.61. The van der Waals surface area contributed by atoms with E-state index in [0.29, 0.717) is 29.6 Å². The van der Waals surface area contributed by atoms with Crippen LogP contribution in [0.2, 0.25) is 5.02 Å². The summed E-state index contributed by atoms with van der Waals surface area (Å²) >= 11 is 6.21. The maximum absolute atomic E-state index is 12.8. The molecule has 0 aliphatic carbocycles. The molecule has 26 heavy (non-hydrogen) atoms. The standard InChI is InChI=1S/C20H24ClN3O2/c1-14(2)26-19-18(21)12-16(13-22-19)20(25)24-9-7-23(8-10-24)17-6-4-5-15(3)11-17/h4-6,11-14H,7-10H2,1-3H3. The lowest BCUT2D eigenvalue weighted by Gasteiger charge is -2.36. The molecule has 1 aliphatic rings. The summed E-state index contributed by atoms with van der Waals surface area (Å²) in [5.41, 5.74) is 2.94. The number of piperazine rings is 1. The predicted molar refractivity (Wildman–Crippen MR) is 104 cm³/mol. The number of carbonyl (C=O) groups is 1. The van der Waals surface area contributed by atoms with Crippen molar-refractivity contribution in [3.8, 4) is 5.88 Å². The van der Waals surface area contributed by atoms with Gasteiger partial charge in [0.1, 0.15) is 5.02 Å². The summed E-state index contributed by atoms with van der Waals surface area (Å²) in [7, 11) is 0. The molecule has 3 rings (SSSR count). The quantitative estimate of drug-likeness (QED) is 0.817. The fraction of sp³-hybridized carbons (Fsp3) is 0.400. The van der Waals surface area contributed by atoms with Crippen molar-refractivity contribution in [2.45, 2.75) is 26.9 Å². The smallest absolute Gasteiger partial charge is 0.255 e. The van der Waals surface area contributed by atoms with Gasteiger partial charge in [0.05, 0.1) is 11.7 Å². The highest BCUT2D eigenvalue weighted by Crippen LogP contribution is 2.24. The molecule has 1 fully saturated rings. The SMILES string of the molecule is Cc1cccc(N2CCN(C(=O)c3cnc(OC(C)C)c(Cl)c3)CC2)c1. The molecule has 0 unspecified atom stereocenters. The number of hydrogen-bond donors (Lipinski definition) is 0. The Morgan fingerprint density at radius 2 is 1.92 bits per heavy atom. The van der Waals surface area contributed by atoms with Gasteiger partial charge >= 0.3 is 0 Å². The van der Waals surface area contributed by atoms with Crippen molar-refractivity contribution < 1.29 is 9.53 Å². The second-order valence-electron chi connectivity index (χ2n) is 6.80. The minimum Gasteiger partial charge on any atom is -0.474 e. The van der Waals surface area contributed by atoms with Crippen LogP contribution in [0.1, 0.15) is 29.8 Å². The third-order valence-electron chi connectivity index (χ3n) is 4.34. The van der Waals surface area contributed by atoms with Gasteiger partial charge in [-0.05, 0) is 44.5 Å². The van der Waals surface area contributed by atoms with Gasteiger partial charge in [-0.2, -0.15) is 0 Å². The Kier molecular flexibility index (Phi) is 5.67. The molecule has 1 aromatic carbocycles. The summed E-state index contributed by atoms with van der Waals surface area (Å²) in [5, 5.41) is 0.364. The van der Waals surface area contributed by atoms with Gasteiger partial charge in [0.25, 0.3) is 5.91 Å². The number of rotatable bonds is 4. The second-order valence-corrected chi connectivity index (χ2v) is 7.20. The molecule has 138 valence electrons. The minimum atomic E-state index is -0.0422. The van der Waals surface area contributed by atoms with E-state index in [1.807, 2.05) is 18.7 Å². The fourth-order valence-corrected chi connectivity index (χ4v) is 3.24. The molecule has 2 heterocycles. The Labute approximate surface area is 159 Å². The van der Waals surface area contributed by atoms with Crippen LogP contribution in [0.4, 0.5) is 5.69 Å². The molecule has 1 amide bonds. The summed E-state index contributed by atoms with van der Waals surface area (Å²) in [6.07, 6.45) is 1.52. The number of benzene rings is 1. The topological polar surface area (TPSA) is 45.7 Å². The van der Waals surface area contributed by atoms with Crippen molar-refractivity contribution in [1.29, 1.82) is 0 Å². The fourth-order valence-electron chi connectivity index (χ4n) is 3.03. The van der Waals surface area contributed by atoms with E-state index in [0.717, 1.165) is 13.1 Å². The van der Waals surface area contributed by atoms with Crippen molar-refractivity contribution in [3.05, 3.63) is 52.7 Å². The van der Waals surface area contributed by atoms with Gasteiger partial charge in [0.2, 0.25) is 5.88 Å². The van der Waals surface area contributed by atoms with Gasteiger partial charge in [0, 0.05) is 38.1 Å². The lowest BCUT2D eigenvalue weighted by atomic mass is 10.1. The van der Waals surface area contributed by atoms with Crippen LogP contribution >= 0.6 is 11.6 Å². The number of aromatic nitrogens is 1. The Balaban J connectivity index is 1.64. The summed E-state index contributed by atoms with van der Waals surface area (Å²) in [5.74, 6) is 0.321. The number of hydrogen-bond acceptors (Lipinski definition) is 4. The molecule has 1 aromatic heterocycles. The van der Waals surface area contributed by atoms with E-state index in [-0.39, 0.29) is 12.0 Å². The lowest BCUT2D eigenvalue weighted by molar-refractivity contribution is 0.0746. The van der Waals surface area contributed by atoms with E-state index < -0.39 is 0 Å². The van der Waals surface area contributed by atoms with E-state index >= 15 is 0 Å². The highest BCUT2D eigenvalue weighted by Gasteiger charge is 2.23. The van der Waals surface area contributed by atoms with Crippen LogP contribution in [0.5, 0.6) is 5.88 Å². The van der Waals surface area contributed by atoms with Crippen LogP contribution in [0.25, 0.3) is 0 Å². The Hall–Kier alpha value is -2.27. The Morgan fingerprint density at radius 1 is 1.19 bits per heavy atom. The first-order valence-corrected chi connectivity index (χ1v) is 9.25.